The van der Waals surface area contributed by atoms with Crippen molar-refractivity contribution < 1.29 is 53.5 Å². The summed E-state index contributed by atoms with van der Waals surface area (Å²) in [5, 5.41) is 47.3. The molecule has 2 heterocycles. The minimum absolute atomic E-state index is 0.0124. The van der Waals surface area contributed by atoms with Gasteiger partial charge in [-0.25, -0.2) is 15.2 Å². The molecule has 0 saturated heterocycles. The second-order valence-corrected chi connectivity index (χ2v) is 19.4. The lowest BCUT2D eigenvalue weighted by molar-refractivity contribution is -0.432. The van der Waals surface area contributed by atoms with Crippen molar-refractivity contribution in [3.05, 3.63) is 119 Å². The highest BCUT2D eigenvalue weighted by Crippen LogP contribution is 2.44. The molecule has 0 aliphatic heterocycles. The van der Waals surface area contributed by atoms with Crippen molar-refractivity contribution in [2.75, 3.05) is 10.6 Å². The summed E-state index contributed by atoms with van der Waals surface area (Å²) >= 11 is 7.61. The van der Waals surface area contributed by atoms with Gasteiger partial charge in [0, 0.05) is 37.8 Å². The van der Waals surface area contributed by atoms with Gasteiger partial charge in [0.25, 0.3) is 30.4 Å². The smallest absolute Gasteiger partial charge is 0.295 e. The summed E-state index contributed by atoms with van der Waals surface area (Å²) in [6.45, 7) is 1.55. The minimum Gasteiger partial charge on any atom is -0.339 e. The average molecular weight is 996 g/mol. The summed E-state index contributed by atoms with van der Waals surface area (Å²) < 4.78 is 105. The van der Waals surface area contributed by atoms with Crippen LogP contribution in [0.1, 0.15) is 11.1 Å². The highest BCUT2D eigenvalue weighted by Gasteiger charge is 2.22. The van der Waals surface area contributed by atoms with Crippen LogP contribution in [-0.4, -0.2) is 54.1 Å². The molecule has 0 fully saturated rings. The molecule has 0 aliphatic carbocycles. The molecule has 0 radical (unpaired) electrons. The molecule has 332 valence electrons. The standard InChI is InChI=1S/C38H26ClN9O12S5/c1-20-30(19-40)35(41-23-9-13-26(14-10-23)63(50,51)52)44-36(42-24-11-15-27(16-12-24)64(53,54)55)33(20)46-48-38-43-34(21-5-7-22(39)8-6-21)37(61-38)47-45-25-17-29-28(31(18-25)62-60-59-49)3-2-4-32(29)65(56,57)58/h2-18,49H,1H3,(H2,41,42,44)(H,50,51,52)(H,53,54,55)(H,56,57,58). The van der Waals surface area contributed by atoms with Gasteiger partial charge in [0.05, 0.1) is 33.1 Å². The number of halogens is 1. The molecule has 7 aromatic rings. The Labute approximate surface area is 381 Å². The maximum absolute atomic E-state index is 12.3. The zero-order valence-electron chi connectivity index (χ0n) is 32.4. The SMILES string of the molecule is Cc1c(C#N)c(Nc2ccc(S(=O)(=O)O)cc2)nc(Nc2ccc(S(=O)(=O)O)cc2)c1N=Nc1nc(-c2ccc(Cl)cc2)c(N=Nc2cc(SOOO)c3cccc(S(=O)(=O)O)c3c2)s1. The lowest BCUT2D eigenvalue weighted by Gasteiger charge is -2.16. The first-order chi connectivity index (χ1) is 30.8. The van der Waals surface area contributed by atoms with Gasteiger partial charge in [-0.2, -0.15) is 30.5 Å². The lowest BCUT2D eigenvalue weighted by atomic mass is 10.1. The molecule has 5 aromatic carbocycles. The van der Waals surface area contributed by atoms with Crippen LogP contribution in [0.4, 0.5) is 44.5 Å². The summed E-state index contributed by atoms with van der Waals surface area (Å²) in [4.78, 5) is 8.24. The Kier molecular flexibility index (Phi) is 13.7. The van der Waals surface area contributed by atoms with E-state index in [9.17, 15) is 44.2 Å². The number of benzene rings is 5. The van der Waals surface area contributed by atoms with Gasteiger partial charge in [-0.3, -0.25) is 13.7 Å². The van der Waals surface area contributed by atoms with E-state index in [1.54, 1.807) is 37.3 Å². The summed E-state index contributed by atoms with van der Waals surface area (Å²) in [5.74, 6) is -0.0295. The fraction of sp³-hybridized carbons (Fsp3) is 0.0263. The number of azo groups is 2. The Hall–Kier alpha value is -6.32. The molecule has 21 nitrogen and oxygen atoms in total. The van der Waals surface area contributed by atoms with E-state index in [2.05, 4.69) is 56.5 Å². The number of anilines is 4. The van der Waals surface area contributed by atoms with Crippen LogP contribution < -0.4 is 10.6 Å². The molecule has 0 aliphatic rings. The largest absolute Gasteiger partial charge is 0.339 e. The van der Waals surface area contributed by atoms with Gasteiger partial charge >= 0.3 is 0 Å². The Morgan fingerprint density at radius 3 is 1.92 bits per heavy atom. The average Bonchev–Trinajstić information content (AvgIpc) is 3.67. The van der Waals surface area contributed by atoms with E-state index in [0.717, 1.165) is 35.6 Å². The van der Waals surface area contributed by atoms with Gasteiger partial charge in [-0.05, 0) is 91.2 Å². The van der Waals surface area contributed by atoms with E-state index in [-0.39, 0.29) is 81.4 Å². The van der Waals surface area contributed by atoms with Gasteiger partial charge in [0.2, 0.25) is 5.13 Å². The maximum atomic E-state index is 12.3. The second-order valence-electron chi connectivity index (χ2n) is 13.1. The van der Waals surface area contributed by atoms with Crippen molar-refractivity contribution >= 4 is 121 Å². The number of rotatable bonds is 15. The summed E-state index contributed by atoms with van der Waals surface area (Å²) in [6.07, 6.45) is 0. The maximum Gasteiger partial charge on any atom is 0.295 e. The van der Waals surface area contributed by atoms with Crippen LogP contribution in [0, 0.1) is 18.3 Å². The fourth-order valence-corrected chi connectivity index (χ4v) is 9.00. The van der Waals surface area contributed by atoms with Crippen LogP contribution in [0.15, 0.2) is 143 Å². The first kappa shape index (κ1) is 46.7. The summed E-state index contributed by atoms with van der Waals surface area (Å²) in [5.41, 5.74) is 1.65. The zero-order valence-corrected chi connectivity index (χ0v) is 37.3. The van der Waals surface area contributed by atoms with E-state index in [4.69, 9.17) is 16.9 Å². The van der Waals surface area contributed by atoms with Gasteiger partial charge < -0.3 is 10.6 Å². The molecule has 0 amide bonds. The topological polar surface area (TPSA) is 325 Å². The molecule has 0 bridgehead atoms. The molecule has 0 saturated carbocycles. The number of thiazole rings is 1. The van der Waals surface area contributed by atoms with Crippen molar-refractivity contribution in [1.29, 1.82) is 5.26 Å². The third-order valence-electron chi connectivity index (χ3n) is 8.90. The third-order valence-corrected chi connectivity index (χ3v) is 13.3. The highest BCUT2D eigenvalue weighted by atomic mass is 35.5. The molecule has 2 aromatic heterocycles. The highest BCUT2D eigenvalue weighted by molar-refractivity contribution is 7.94. The molecule has 0 unspecified atom stereocenters. The lowest BCUT2D eigenvalue weighted by Crippen LogP contribution is -2.05. The molecular formula is C38H26ClN9O12S5. The Bertz CT molecular complexity index is 3430. The van der Waals surface area contributed by atoms with E-state index in [1.165, 1.54) is 48.5 Å². The predicted octanol–water partition coefficient (Wildman–Crippen LogP) is 10.7. The zero-order chi connectivity index (χ0) is 46.7. The molecule has 0 atom stereocenters. The molecular weight excluding hydrogens is 970 g/mol. The summed E-state index contributed by atoms with van der Waals surface area (Å²) in [7, 11) is -13.7. The molecule has 6 N–H and O–H groups in total. The molecule has 7 rings (SSSR count). The van der Waals surface area contributed by atoms with Crippen LogP contribution in [0.5, 0.6) is 0 Å². The number of hydrogen-bond donors (Lipinski definition) is 6. The van der Waals surface area contributed by atoms with Gasteiger partial charge in [0.15, 0.2) is 16.6 Å². The Morgan fingerprint density at radius 2 is 1.35 bits per heavy atom. The first-order valence-electron chi connectivity index (χ1n) is 17.8. The van der Waals surface area contributed by atoms with Crippen molar-refractivity contribution in [3.8, 4) is 17.3 Å². The molecule has 65 heavy (non-hydrogen) atoms. The monoisotopic (exact) mass is 995 g/mol. The predicted molar refractivity (Wildman–Crippen MR) is 238 cm³/mol. The van der Waals surface area contributed by atoms with Crippen molar-refractivity contribution in [3.63, 3.8) is 0 Å². The number of aromatic nitrogens is 2. The van der Waals surface area contributed by atoms with E-state index in [0.29, 0.717) is 28.0 Å². The van der Waals surface area contributed by atoms with E-state index in [1.807, 2.05) is 0 Å². The third kappa shape index (κ3) is 11.0. The number of nitrogens with one attached hydrogen (secondary N) is 2. The van der Waals surface area contributed by atoms with E-state index < -0.39 is 35.2 Å². The first-order valence-corrected chi connectivity index (χ1v) is 24.0. The quantitative estimate of drug-likeness (QED) is 0.0183. The second kappa shape index (κ2) is 19.0. The summed E-state index contributed by atoms with van der Waals surface area (Å²) in [6, 6.07) is 25.4. The van der Waals surface area contributed by atoms with Crippen molar-refractivity contribution in [2.24, 2.45) is 20.5 Å². The molecule has 0 spiro atoms. The number of hydrogen-bond acceptors (Lipinski definition) is 20. The van der Waals surface area contributed by atoms with Crippen LogP contribution >= 0.6 is 35.0 Å². The van der Waals surface area contributed by atoms with Gasteiger partial charge in [0.1, 0.15) is 22.3 Å². The Morgan fingerprint density at radius 1 is 0.738 bits per heavy atom. The Balaban J connectivity index is 1.32. The van der Waals surface area contributed by atoms with E-state index >= 15 is 0 Å². The number of nitrogens with zero attached hydrogens (tertiary/aromatic N) is 7. The number of fused-ring (bicyclic) bond motifs is 1. The molecule has 27 heteroatoms. The number of nitriles is 1. The van der Waals surface area contributed by atoms with Crippen LogP contribution in [0.3, 0.4) is 0 Å². The number of pyridine rings is 1. The van der Waals surface area contributed by atoms with Crippen LogP contribution in [0.25, 0.3) is 22.0 Å². The fourth-order valence-electron chi connectivity index (χ4n) is 5.94. The minimum atomic E-state index is -4.71. The van der Waals surface area contributed by atoms with Crippen molar-refractivity contribution in [2.45, 2.75) is 26.5 Å². The van der Waals surface area contributed by atoms with Crippen molar-refractivity contribution in [1.82, 2.24) is 9.97 Å². The normalized spacial score (nSPS) is 12.3. The van der Waals surface area contributed by atoms with Crippen LogP contribution in [0.2, 0.25) is 5.02 Å². The van der Waals surface area contributed by atoms with Crippen LogP contribution in [-0.2, 0) is 39.7 Å². The van der Waals surface area contributed by atoms with Gasteiger partial charge in [-0.1, -0.05) is 52.2 Å². The van der Waals surface area contributed by atoms with Gasteiger partial charge in [-0.15, -0.1) is 24.8 Å².